The Labute approximate surface area is 196 Å². The van der Waals surface area contributed by atoms with E-state index in [2.05, 4.69) is 27.5 Å². The first kappa shape index (κ1) is 26.8. The second-order valence-corrected chi connectivity index (χ2v) is 8.88. The summed E-state index contributed by atoms with van der Waals surface area (Å²) in [7, 11) is -0.781. The van der Waals surface area contributed by atoms with Gasteiger partial charge in [-0.3, -0.25) is 4.21 Å². The second-order valence-electron chi connectivity index (χ2n) is 6.87. The molecule has 9 heteroatoms. The lowest BCUT2D eigenvalue weighted by atomic mass is 9.95. The molecular formula is C21H29F3IN3OS. The van der Waals surface area contributed by atoms with Gasteiger partial charge in [0.25, 0.3) is 0 Å². The fourth-order valence-corrected chi connectivity index (χ4v) is 4.61. The van der Waals surface area contributed by atoms with Gasteiger partial charge in [-0.15, -0.1) is 24.0 Å². The van der Waals surface area contributed by atoms with Crippen molar-refractivity contribution in [2.75, 3.05) is 18.8 Å². The lowest BCUT2D eigenvalue weighted by Gasteiger charge is -2.30. The van der Waals surface area contributed by atoms with Crippen LogP contribution in [-0.4, -0.2) is 40.3 Å². The predicted octanol–water partition coefficient (Wildman–Crippen LogP) is 4.31. The molecule has 1 aliphatic carbocycles. The summed E-state index contributed by atoms with van der Waals surface area (Å²) in [6.07, 6.45) is -0.419. The molecule has 168 valence electrons. The van der Waals surface area contributed by atoms with Crippen molar-refractivity contribution in [3.05, 3.63) is 35.4 Å². The van der Waals surface area contributed by atoms with Crippen LogP contribution in [0.25, 0.3) is 0 Å². The van der Waals surface area contributed by atoms with E-state index in [4.69, 9.17) is 0 Å². The lowest BCUT2D eigenvalue weighted by molar-refractivity contribution is -0.137. The molecular weight excluding hydrogens is 526 g/mol. The Morgan fingerprint density at radius 1 is 1.23 bits per heavy atom. The van der Waals surface area contributed by atoms with E-state index in [1.807, 2.05) is 13.8 Å². The third-order valence-corrected chi connectivity index (χ3v) is 6.47. The number of halogens is 4. The molecule has 2 rings (SSSR count). The van der Waals surface area contributed by atoms with E-state index in [-0.39, 0.29) is 41.8 Å². The number of alkyl halides is 3. The van der Waals surface area contributed by atoms with Gasteiger partial charge in [0.1, 0.15) is 6.54 Å². The Kier molecular flexibility index (Phi) is 11.8. The third kappa shape index (κ3) is 8.84. The molecule has 0 bridgehead atoms. The van der Waals surface area contributed by atoms with Crippen LogP contribution in [0.5, 0.6) is 0 Å². The Balaban J connectivity index is 0.00000450. The van der Waals surface area contributed by atoms with Gasteiger partial charge >= 0.3 is 6.18 Å². The summed E-state index contributed by atoms with van der Waals surface area (Å²) >= 11 is 0. The standard InChI is InChI=1S/C21H28F3N3OS.HI/c1-3-25-20(27-18-8-5-9-19(15-18)29(28)4-2)26-14-6-7-16-10-12-17(13-11-16)21(22,23)24;/h10-13,18-19H,3-5,8-9,14-15H2,1-2H3,(H2,25,26,27);1H. The zero-order chi connectivity index (χ0) is 21.3. The Hall–Kier alpha value is -1.28. The molecule has 1 aromatic carbocycles. The number of hydrogen-bond acceptors (Lipinski definition) is 2. The fourth-order valence-electron chi connectivity index (χ4n) is 3.27. The Morgan fingerprint density at radius 3 is 2.53 bits per heavy atom. The van der Waals surface area contributed by atoms with E-state index in [9.17, 15) is 17.4 Å². The highest BCUT2D eigenvalue weighted by molar-refractivity contribution is 14.0. The Morgan fingerprint density at radius 2 is 1.93 bits per heavy atom. The van der Waals surface area contributed by atoms with Gasteiger partial charge in [0.15, 0.2) is 5.96 Å². The number of nitrogens with one attached hydrogen (secondary N) is 2. The number of aliphatic imine (C=N–C) groups is 1. The molecule has 1 aromatic rings. The first-order valence-electron chi connectivity index (χ1n) is 9.91. The minimum absolute atomic E-state index is 0. The topological polar surface area (TPSA) is 53.5 Å². The zero-order valence-corrected chi connectivity index (χ0v) is 20.4. The summed E-state index contributed by atoms with van der Waals surface area (Å²) < 4.78 is 49.9. The van der Waals surface area contributed by atoms with Crippen LogP contribution < -0.4 is 10.6 Å². The smallest absolute Gasteiger partial charge is 0.357 e. The molecule has 30 heavy (non-hydrogen) atoms. The van der Waals surface area contributed by atoms with Crippen LogP contribution in [-0.2, 0) is 17.0 Å². The van der Waals surface area contributed by atoms with Gasteiger partial charge in [0, 0.05) is 40.0 Å². The average Bonchev–Trinajstić information content (AvgIpc) is 2.70. The quantitative estimate of drug-likeness (QED) is 0.247. The molecule has 0 spiro atoms. The molecule has 0 radical (unpaired) electrons. The average molecular weight is 555 g/mol. The third-order valence-electron chi connectivity index (χ3n) is 4.73. The molecule has 1 aliphatic rings. The van der Waals surface area contributed by atoms with Gasteiger partial charge in [-0.05, 0) is 50.5 Å². The molecule has 0 heterocycles. The van der Waals surface area contributed by atoms with E-state index in [1.165, 1.54) is 12.1 Å². The molecule has 1 saturated carbocycles. The minimum Gasteiger partial charge on any atom is -0.357 e. The van der Waals surface area contributed by atoms with Crippen LogP contribution in [0, 0.1) is 11.8 Å². The predicted molar refractivity (Wildman–Crippen MR) is 128 cm³/mol. The molecule has 2 N–H and O–H groups in total. The monoisotopic (exact) mass is 555 g/mol. The number of rotatable bonds is 5. The summed E-state index contributed by atoms with van der Waals surface area (Å²) in [6.45, 7) is 4.86. The maximum Gasteiger partial charge on any atom is 0.416 e. The van der Waals surface area contributed by atoms with Crippen LogP contribution in [0.3, 0.4) is 0 Å². The van der Waals surface area contributed by atoms with Crippen LogP contribution in [0.15, 0.2) is 29.3 Å². The molecule has 1 fully saturated rings. The van der Waals surface area contributed by atoms with Crippen molar-refractivity contribution in [3.8, 4) is 11.8 Å². The molecule has 0 aliphatic heterocycles. The van der Waals surface area contributed by atoms with Crippen molar-refractivity contribution in [2.24, 2.45) is 4.99 Å². The first-order valence-corrected chi connectivity index (χ1v) is 11.3. The van der Waals surface area contributed by atoms with Crippen molar-refractivity contribution >= 4 is 40.7 Å². The van der Waals surface area contributed by atoms with Gasteiger partial charge in [-0.2, -0.15) is 13.2 Å². The van der Waals surface area contributed by atoms with E-state index in [1.54, 1.807) is 0 Å². The van der Waals surface area contributed by atoms with Crippen LogP contribution in [0.1, 0.15) is 50.7 Å². The highest BCUT2D eigenvalue weighted by Crippen LogP contribution is 2.29. The van der Waals surface area contributed by atoms with E-state index >= 15 is 0 Å². The number of hydrogen-bond donors (Lipinski definition) is 2. The van der Waals surface area contributed by atoms with Crippen molar-refractivity contribution < 1.29 is 17.4 Å². The van der Waals surface area contributed by atoms with Gasteiger partial charge in [0.05, 0.1) is 5.56 Å². The maximum absolute atomic E-state index is 12.6. The van der Waals surface area contributed by atoms with E-state index in [0.717, 1.165) is 37.8 Å². The SMILES string of the molecule is CCNC(=NCC#Cc1ccc(C(F)(F)F)cc1)NC1CCCC(S(=O)CC)C1.I. The summed E-state index contributed by atoms with van der Waals surface area (Å²) in [5.41, 5.74) is -0.169. The van der Waals surface area contributed by atoms with E-state index in [0.29, 0.717) is 23.8 Å². The highest BCUT2D eigenvalue weighted by atomic mass is 127. The first-order chi connectivity index (χ1) is 13.8. The second kappa shape index (κ2) is 13.2. The van der Waals surface area contributed by atoms with Crippen molar-refractivity contribution in [1.82, 2.24) is 10.6 Å². The maximum atomic E-state index is 12.6. The molecule has 3 atom stereocenters. The number of nitrogens with zero attached hydrogens (tertiary/aromatic N) is 1. The van der Waals surface area contributed by atoms with Crippen molar-refractivity contribution in [3.63, 3.8) is 0 Å². The van der Waals surface area contributed by atoms with Gasteiger partial charge < -0.3 is 10.6 Å². The molecule has 0 amide bonds. The fraction of sp³-hybridized carbons (Fsp3) is 0.571. The van der Waals surface area contributed by atoms with Crippen molar-refractivity contribution in [2.45, 2.75) is 57.0 Å². The molecule has 3 unspecified atom stereocenters. The molecule has 0 saturated heterocycles. The van der Waals surface area contributed by atoms with Crippen LogP contribution in [0.2, 0.25) is 0 Å². The van der Waals surface area contributed by atoms with E-state index < -0.39 is 22.5 Å². The lowest BCUT2D eigenvalue weighted by Crippen LogP contribution is -2.46. The van der Waals surface area contributed by atoms with Gasteiger partial charge in [0.2, 0.25) is 0 Å². The van der Waals surface area contributed by atoms with Crippen LogP contribution >= 0.6 is 24.0 Å². The van der Waals surface area contributed by atoms with Gasteiger partial charge in [-0.25, -0.2) is 4.99 Å². The normalized spacial score (nSPS) is 20.4. The molecule has 4 nitrogen and oxygen atoms in total. The summed E-state index contributed by atoms with van der Waals surface area (Å²) in [5.74, 6) is 7.05. The van der Waals surface area contributed by atoms with Crippen molar-refractivity contribution in [1.29, 1.82) is 0 Å². The number of guanidine groups is 1. The summed E-state index contributed by atoms with van der Waals surface area (Å²) in [5, 5.41) is 6.81. The zero-order valence-electron chi connectivity index (χ0n) is 17.2. The minimum atomic E-state index is -4.34. The highest BCUT2D eigenvalue weighted by Gasteiger charge is 2.29. The Bertz CT molecular complexity index is 772. The number of benzene rings is 1. The van der Waals surface area contributed by atoms with Crippen LogP contribution in [0.4, 0.5) is 13.2 Å². The summed E-state index contributed by atoms with van der Waals surface area (Å²) in [4.78, 5) is 4.43. The largest absolute Gasteiger partial charge is 0.416 e. The molecule has 0 aromatic heterocycles. The van der Waals surface area contributed by atoms with Gasteiger partial charge in [-0.1, -0.05) is 25.2 Å². The summed E-state index contributed by atoms with van der Waals surface area (Å²) in [6, 6.07) is 5.00.